The van der Waals surface area contributed by atoms with E-state index >= 15 is 0 Å². The Morgan fingerprint density at radius 3 is 2.47 bits per heavy atom. The van der Waals surface area contributed by atoms with Crippen LogP contribution in [0.4, 0.5) is 0 Å². The molecule has 0 amide bonds. The van der Waals surface area contributed by atoms with Crippen molar-refractivity contribution in [2.45, 2.75) is 32.1 Å². The molecule has 1 fully saturated rings. The molecule has 0 aromatic heterocycles. The molecule has 17 heavy (non-hydrogen) atoms. The fraction of sp³-hybridized carbons (Fsp3) is 0.600. The molecule has 0 heterocycles. The van der Waals surface area contributed by atoms with Gasteiger partial charge in [0.25, 0.3) is 0 Å². The zero-order valence-corrected chi connectivity index (χ0v) is 10.4. The maximum absolute atomic E-state index is 9.60. The Kier molecular flexibility index (Phi) is 4.19. The van der Waals surface area contributed by atoms with Gasteiger partial charge in [-0.15, -0.1) is 0 Å². The van der Waals surface area contributed by atoms with E-state index in [0.717, 1.165) is 19.3 Å². The number of benzene rings is 1. The molecule has 1 aliphatic carbocycles. The van der Waals surface area contributed by atoms with Gasteiger partial charge in [0.15, 0.2) is 0 Å². The largest absolute Gasteiger partial charge is 0.396 e. The van der Waals surface area contributed by atoms with E-state index in [4.69, 9.17) is 5.73 Å². The van der Waals surface area contributed by atoms with Gasteiger partial charge in [-0.1, -0.05) is 30.3 Å². The molecular weight excluding hydrogens is 210 g/mol. The first kappa shape index (κ1) is 12.6. The van der Waals surface area contributed by atoms with E-state index in [1.807, 2.05) is 6.07 Å². The highest BCUT2D eigenvalue weighted by atomic mass is 16.3. The summed E-state index contributed by atoms with van der Waals surface area (Å²) in [7, 11) is 0. The molecule has 0 bridgehead atoms. The van der Waals surface area contributed by atoms with Gasteiger partial charge in [-0.25, -0.2) is 0 Å². The van der Waals surface area contributed by atoms with Gasteiger partial charge in [0.1, 0.15) is 0 Å². The van der Waals surface area contributed by atoms with Crippen LogP contribution in [0.3, 0.4) is 0 Å². The van der Waals surface area contributed by atoms with Crippen molar-refractivity contribution in [3.8, 4) is 0 Å². The third-order valence-electron chi connectivity index (χ3n) is 4.15. The summed E-state index contributed by atoms with van der Waals surface area (Å²) in [4.78, 5) is 0. The molecule has 0 spiro atoms. The first-order valence-corrected chi connectivity index (χ1v) is 6.65. The van der Waals surface area contributed by atoms with E-state index in [-0.39, 0.29) is 12.0 Å². The minimum Gasteiger partial charge on any atom is -0.396 e. The van der Waals surface area contributed by atoms with Crippen molar-refractivity contribution in [2.24, 2.45) is 17.1 Å². The van der Waals surface area contributed by atoms with Crippen LogP contribution in [0.2, 0.25) is 0 Å². The fourth-order valence-corrected chi connectivity index (χ4v) is 2.73. The molecule has 1 unspecified atom stereocenters. The SMILES string of the molecule is NCC(CO)(CCCc1ccccc1)C1CC1. The van der Waals surface area contributed by atoms with Crippen molar-refractivity contribution >= 4 is 0 Å². The van der Waals surface area contributed by atoms with Gasteiger partial charge in [-0.2, -0.15) is 0 Å². The number of hydrogen-bond acceptors (Lipinski definition) is 2. The summed E-state index contributed by atoms with van der Waals surface area (Å²) in [5.41, 5.74) is 7.27. The minimum atomic E-state index is 0.00871. The lowest BCUT2D eigenvalue weighted by Crippen LogP contribution is -2.36. The molecule has 2 rings (SSSR count). The Bertz CT molecular complexity index is 328. The predicted octanol–water partition coefficient (Wildman–Crippen LogP) is 2.36. The number of aliphatic hydroxyl groups excluding tert-OH is 1. The molecule has 1 atom stereocenters. The molecule has 1 aromatic carbocycles. The quantitative estimate of drug-likeness (QED) is 0.759. The average Bonchev–Trinajstić information content (AvgIpc) is 3.21. The molecular formula is C15H23NO. The lowest BCUT2D eigenvalue weighted by Gasteiger charge is -2.30. The highest BCUT2D eigenvalue weighted by Gasteiger charge is 2.43. The summed E-state index contributed by atoms with van der Waals surface area (Å²) in [5, 5.41) is 9.60. The maximum Gasteiger partial charge on any atom is 0.0502 e. The van der Waals surface area contributed by atoms with Gasteiger partial charge in [0.05, 0.1) is 6.61 Å². The topological polar surface area (TPSA) is 46.2 Å². The second kappa shape index (κ2) is 5.65. The maximum atomic E-state index is 9.60. The van der Waals surface area contributed by atoms with Crippen molar-refractivity contribution in [3.63, 3.8) is 0 Å². The second-order valence-electron chi connectivity index (χ2n) is 5.34. The number of hydrogen-bond donors (Lipinski definition) is 2. The van der Waals surface area contributed by atoms with Crippen LogP contribution in [0.15, 0.2) is 30.3 Å². The molecule has 1 aromatic rings. The van der Waals surface area contributed by atoms with Gasteiger partial charge in [0, 0.05) is 12.0 Å². The van der Waals surface area contributed by atoms with Gasteiger partial charge >= 0.3 is 0 Å². The van der Waals surface area contributed by atoms with Gasteiger partial charge in [-0.05, 0) is 43.6 Å². The summed E-state index contributed by atoms with van der Waals surface area (Å²) in [6, 6.07) is 10.5. The number of aliphatic hydroxyl groups is 1. The minimum absolute atomic E-state index is 0.00871. The smallest absolute Gasteiger partial charge is 0.0502 e. The van der Waals surface area contributed by atoms with Crippen LogP contribution in [-0.4, -0.2) is 18.3 Å². The second-order valence-corrected chi connectivity index (χ2v) is 5.34. The molecule has 94 valence electrons. The highest BCUT2D eigenvalue weighted by Crippen LogP contribution is 2.47. The van der Waals surface area contributed by atoms with E-state index in [1.54, 1.807) is 0 Å². The Morgan fingerprint density at radius 2 is 1.94 bits per heavy atom. The van der Waals surface area contributed by atoms with Crippen LogP contribution in [0, 0.1) is 11.3 Å². The molecule has 0 radical (unpaired) electrons. The molecule has 1 saturated carbocycles. The predicted molar refractivity (Wildman–Crippen MR) is 70.7 cm³/mol. The fourth-order valence-electron chi connectivity index (χ4n) is 2.73. The van der Waals surface area contributed by atoms with E-state index in [1.165, 1.54) is 18.4 Å². The Labute approximate surface area is 104 Å². The number of nitrogens with two attached hydrogens (primary N) is 1. The van der Waals surface area contributed by atoms with Crippen molar-refractivity contribution in [3.05, 3.63) is 35.9 Å². The zero-order valence-electron chi connectivity index (χ0n) is 10.4. The van der Waals surface area contributed by atoms with Crippen molar-refractivity contribution in [2.75, 3.05) is 13.2 Å². The van der Waals surface area contributed by atoms with E-state index < -0.39 is 0 Å². The first-order chi connectivity index (χ1) is 8.30. The monoisotopic (exact) mass is 233 g/mol. The Hall–Kier alpha value is -0.860. The van der Waals surface area contributed by atoms with Crippen LogP contribution >= 0.6 is 0 Å². The lowest BCUT2D eigenvalue weighted by atomic mass is 9.78. The molecule has 1 aliphatic rings. The van der Waals surface area contributed by atoms with Crippen LogP contribution in [0.1, 0.15) is 31.2 Å². The molecule has 0 saturated heterocycles. The van der Waals surface area contributed by atoms with Crippen LogP contribution in [0.25, 0.3) is 0 Å². The summed E-state index contributed by atoms with van der Waals surface area (Å²) >= 11 is 0. The highest BCUT2D eigenvalue weighted by molar-refractivity contribution is 5.14. The van der Waals surface area contributed by atoms with E-state index in [2.05, 4.69) is 24.3 Å². The van der Waals surface area contributed by atoms with Gasteiger partial charge in [0.2, 0.25) is 0 Å². The van der Waals surface area contributed by atoms with Crippen LogP contribution in [-0.2, 0) is 6.42 Å². The van der Waals surface area contributed by atoms with E-state index in [0.29, 0.717) is 12.5 Å². The third-order valence-corrected chi connectivity index (χ3v) is 4.15. The van der Waals surface area contributed by atoms with Gasteiger partial charge < -0.3 is 10.8 Å². The number of aryl methyl sites for hydroxylation is 1. The Balaban J connectivity index is 1.84. The normalized spacial score (nSPS) is 18.9. The average molecular weight is 233 g/mol. The third kappa shape index (κ3) is 3.08. The molecule has 2 heteroatoms. The molecule has 0 aliphatic heterocycles. The van der Waals surface area contributed by atoms with Crippen LogP contribution in [0.5, 0.6) is 0 Å². The summed E-state index contributed by atoms with van der Waals surface area (Å²) in [5.74, 6) is 0.674. The number of rotatable bonds is 7. The van der Waals surface area contributed by atoms with E-state index in [9.17, 15) is 5.11 Å². The van der Waals surface area contributed by atoms with Crippen molar-refractivity contribution in [1.82, 2.24) is 0 Å². The first-order valence-electron chi connectivity index (χ1n) is 6.65. The van der Waals surface area contributed by atoms with Crippen LogP contribution < -0.4 is 5.73 Å². The van der Waals surface area contributed by atoms with Crippen molar-refractivity contribution in [1.29, 1.82) is 0 Å². The standard InChI is InChI=1S/C15H23NO/c16-11-15(12-17,14-8-9-14)10-4-7-13-5-2-1-3-6-13/h1-3,5-6,14,17H,4,7-12,16H2. The zero-order chi connectivity index (χ0) is 12.1. The molecule has 2 nitrogen and oxygen atoms in total. The Morgan fingerprint density at radius 1 is 1.24 bits per heavy atom. The summed E-state index contributed by atoms with van der Waals surface area (Å²) in [6.07, 6.45) is 5.78. The summed E-state index contributed by atoms with van der Waals surface area (Å²) in [6.45, 7) is 0.881. The van der Waals surface area contributed by atoms with Crippen molar-refractivity contribution < 1.29 is 5.11 Å². The lowest BCUT2D eigenvalue weighted by molar-refractivity contribution is 0.0971. The van der Waals surface area contributed by atoms with Gasteiger partial charge in [-0.3, -0.25) is 0 Å². The summed E-state index contributed by atoms with van der Waals surface area (Å²) < 4.78 is 0. The molecule has 3 N–H and O–H groups in total.